The van der Waals surface area contributed by atoms with Crippen molar-refractivity contribution in [1.82, 2.24) is 0 Å². The highest BCUT2D eigenvalue weighted by atomic mass is 14.2. The minimum absolute atomic E-state index is 0.460. The molecule has 0 saturated carbocycles. The van der Waals surface area contributed by atoms with Gasteiger partial charge in [-0.25, -0.2) is 0 Å². The van der Waals surface area contributed by atoms with Gasteiger partial charge < -0.3 is 0 Å². The largest absolute Gasteiger partial charge is 0.0984 e. The number of fused-ring (bicyclic) bond motifs is 3. The summed E-state index contributed by atoms with van der Waals surface area (Å²) in [5.41, 5.74) is 5.08. The molecule has 0 saturated heterocycles. The van der Waals surface area contributed by atoms with E-state index in [1.165, 1.54) is 33.0 Å². The Morgan fingerprint density at radius 1 is 0.952 bits per heavy atom. The molecule has 0 fully saturated rings. The first-order chi connectivity index (χ1) is 10.3. The fourth-order valence-electron chi connectivity index (χ4n) is 3.02. The lowest BCUT2D eigenvalue weighted by Crippen LogP contribution is -1.94. The zero-order valence-corrected chi connectivity index (χ0v) is 12.6. The van der Waals surface area contributed by atoms with Gasteiger partial charge in [-0.3, -0.25) is 0 Å². The van der Waals surface area contributed by atoms with Crippen molar-refractivity contribution in [2.75, 3.05) is 0 Å². The van der Waals surface area contributed by atoms with Gasteiger partial charge in [0.25, 0.3) is 0 Å². The quantitative estimate of drug-likeness (QED) is 0.611. The van der Waals surface area contributed by atoms with Crippen LogP contribution in [-0.4, -0.2) is 0 Å². The molecule has 0 N–H and O–H groups in total. The van der Waals surface area contributed by atoms with Gasteiger partial charge in [-0.2, -0.15) is 0 Å². The molecule has 2 aromatic carbocycles. The summed E-state index contributed by atoms with van der Waals surface area (Å²) in [6, 6.07) is 8.59. The summed E-state index contributed by atoms with van der Waals surface area (Å²) >= 11 is 0. The van der Waals surface area contributed by atoms with Crippen LogP contribution in [-0.2, 0) is 0 Å². The molecule has 0 bridgehead atoms. The summed E-state index contributed by atoms with van der Waals surface area (Å²) in [5.74, 6) is 0.460. The van der Waals surface area contributed by atoms with Crippen LogP contribution < -0.4 is 0 Å². The van der Waals surface area contributed by atoms with Gasteiger partial charge in [-0.1, -0.05) is 80.3 Å². The van der Waals surface area contributed by atoms with Crippen LogP contribution in [0, 0.1) is 5.92 Å². The van der Waals surface area contributed by atoms with E-state index in [9.17, 15) is 0 Å². The van der Waals surface area contributed by atoms with Crippen molar-refractivity contribution >= 4 is 35.1 Å². The zero-order chi connectivity index (χ0) is 14.8. The first-order valence-corrected chi connectivity index (χ1v) is 7.46. The van der Waals surface area contributed by atoms with Crippen LogP contribution in [0.25, 0.3) is 35.1 Å². The summed E-state index contributed by atoms with van der Waals surface area (Å²) < 4.78 is 0. The molecular weight excluding hydrogens is 252 g/mol. The molecule has 0 spiro atoms. The van der Waals surface area contributed by atoms with Crippen molar-refractivity contribution in [3.8, 4) is 0 Å². The van der Waals surface area contributed by atoms with E-state index in [0.717, 1.165) is 0 Å². The maximum absolute atomic E-state index is 4.04. The van der Waals surface area contributed by atoms with E-state index < -0.39 is 0 Å². The molecule has 21 heavy (non-hydrogen) atoms. The van der Waals surface area contributed by atoms with E-state index in [0.29, 0.717) is 5.92 Å². The average Bonchev–Trinajstić information content (AvgIpc) is 2.70. The van der Waals surface area contributed by atoms with Crippen LogP contribution >= 0.6 is 0 Å². The third-order valence-corrected chi connectivity index (χ3v) is 4.05. The highest BCUT2D eigenvalue weighted by Crippen LogP contribution is 2.35. The van der Waals surface area contributed by atoms with Crippen molar-refractivity contribution in [2.45, 2.75) is 13.8 Å². The molecule has 0 heterocycles. The monoisotopic (exact) mass is 272 g/mol. The lowest BCUT2D eigenvalue weighted by molar-refractivity contribution is 0.954. The van der Waals surface area contributed by atoms with Gasteiger partial charge in [-0.15, -0.1) is 0 Å². The minimum Gasteiger partial charge on any atom is -0.0984 e. The van der Waals surface area contributed by atoms with Crippen molar-refractivity contribution in [1.29, 1.82) is 0 Å². The summed E-state index contributed by atoms with van der Waals surface area (Å²) in [6.45, 7) is 8.31. The van der Waals surface area contributed by atoms with Gasteiger partial charge in [-0.05, 0) is 45.9 Å². The SMILES string of the molecule is C=Cc1c(/C=C\C)c2c(c3ccccc13)C=C[C@H](C)C=C2. The molecule has 3 rings (SSSR count). The molecule has 104 valence electrons. The smallest absolute Gasteiger partial charge is 0.00752 e. The number of rotatable bonds is 2. The molecule has 0 heteroatoms. The van der Waals surface area contributed by atoms with Crippen LogP contribution in [0.3, 0.4) is 0 Å². The van der Waals surface area contributed by atoms with E-state index in [2.05, 4.69) is 81.1 Å². The molecule has 0 aromatic heterocycles. The van der Waals surface area contributed by atoms with Crippen LogP contribution in [0.2, 0.25) is 0 Å². The highest BCUT2D eigenvalue weighted by molar-refractivity contribution is 6.03. The number of benzene rings is 2. The molecule has 2 aromatic rings. The highest BCUT2D eigenvalue weighted by Gasteiger charge is 2.14. The lowest BCUT2D eigenvalue weighted by Gasteiger charge is -2.15. The molecule has 0 radical (unpaired) electrons. The Morgan fingerprint density at radius 3 is 2.29 bits per heavy atom. The summed E-state index contributed by atoms with van der Waals surface area (Å²) in [6.07, 6.45) is 15.3. The van der Waals surface area contributed by atoms with Crippen molar-refractivity contribution in [3.05, 3.63) is 71.3 Å². The maximum atomic E-state index is 4.04. The van der Waals surface area contributed by atoms with Crippen LogP contribution in [0.4, 0.5) is 0 Å². The predicted octanol–water partition coefficient (Wildman–Crippen LogP) is 6.19. The maximum Gasteiger partial charge on any atom is -0.00752 e. The van der Waals surface area contributed by atoms with Gasteiger partial charge in [0.2, 0.25) is 0 Å². The number of allylic oxidation sites excluding steroid dienone is 3. The second-order valence-corrected chi connectivity index (χ2v) is 5.48. The van der Waals surface area contributed by atoms with E-state index in [1.807, 2.05) is 6.08 Å². The van der Waals surface area contributed by atoms with Gasteiger partial charge in [0, 0.05) is 0 Å². The first kappa shape index (κ1) is 13.6. The van der Waals surface area contributed by atoms with Crippen molar-refractivity contribution in [3.63, 3.8) is 0 Å². The first-order valence-electron chi connectivity index (χ1n) is 7.46. The van der Waals surface area contributed by atoms with Crippen LogP contribution in [0.5, 0.6) is 0 Å². The fraction of sp³-hybridized carbons (Fsp3) is 0.143. The standard InChI is InChI=1S/C21H20/c1-4-8-17-16(5-2)18-9-6-7-10-19(18)21-14-12-15(3)11-13-20(17)21/h4-15H,2H2,1,3H3/b8-4-/t15-/m1/s1. The minimum atomic E-state index is 0.460. The van der Waals surface area contributed by atoms with Gasteiger partial charge >= 0.3 is 0 Å². The molecular formula is C21H20. The lowest BCUT2D eigenvalue weighted by atomic mass is 9.88. The third-order valence-electron chi connectivity index (χ3n) is 4.05. The zero-order valence-electron chi connectivity index (χ0n) is 12.6. The Labute approximate surface area is 126 Å². The molecule has 1 aliphatic carbocycles. The van der Waals surface area contributed by atoms with E-state index in [1.54, 1.807) is 0 Å². The Kier molecular flexibility index (Phi) is 3.62. The third kappa shape index (κ3) is 2.27. The topological polar surface area (TPSA) is 0 Å². The van der Waals surface area contributed by atoms with Crippen molar-refractivity contribution < 1.29 is 0 Å². The summed E-state index contributed by atoms with van der Waals surface area (Å²) in [4.78, 5) is 0. The molecule has 0 nitrogen and oxygen atoms in total. The molecule has 1 aliphatic rings. The van der Waals surface area contributed by atoms with E-state index in [-0.39, 0.29) is 0 Å². The normalized spacial score (nSPS) is 17.1. The molecule has 1 atom stereocenters. The second kappa shape index (κ2) is 5.57. The van der Waals surface area contributed by atoms with Gasteiger partial charge in [0.15, 0.2) is 0 Å². The molecule has 0 unspecified atom stereocenters. The number of hydrogen-bond donors (Lipinski definition) is 0. The Bertz CT molecular complexity index is 785. The van der Waals surface area contributed by atoms with Crippen molar-refractivity contribution in [2.24, 2.45) is 5.92 Å². The molecule has 0 amide bonds. The van der Waals surface area contributed by atoms with Crippen LogP contribution in [0.1, 0.15) is 36.1 Å². The number of hydrogen-bond acceptors (Lipinski definition) is 0. The second-order valence-electron chi connectivity index (χ2n) is 5.48. The van der Waals surface area contributed by atoms with E-state index in [4.69, 9.17) is 0 Å². The molecule has 0 aliphatic heterocycles. The van der Waals surface area contributed by atoms with Gasteiger partial charge in [0.05, 0.1) is 0 Å². The Morgan fingerprint density at radius 2 is 1.62 bits per heavy atom. The van der Waals surface area contributed by atoms with E-state index >= 15 is 0 Å². The summed E-state index contributed by atoms with van der Waals surface area (Å²) in [5, 5.41) is 2.57. The Balaban J connectivity index is 2.52. The van der Waals surface area contributed by atoms with Crippen LogP contribution in [0.15, 0.2) is 49.1 Å². The fourth-order valence-corrected chi connectivity index (χ4v) is 3.02. The Hall–Kier alpha value is -2.34. The predicted molar refractivity (Wildman–Crippen MR) is 96.0 cm³/mol. The van der Waals surface area contributed by atoms with Gasteiger partial charge in [0.1, 0.15) is 0 Å². The summed E-state index contributed by atoms with van der Waals surface area (Å²) in [7, 11) is 0. The average molecular weight is 272 g/mol.